The third kappa shape index (κ3) is 4.81. The lowest BCUT2D eigenvalue weighted by Crippen LogP contribution is -2.39. The van der Waals surface area contributed by atoms with Gasteiger partial charge in [-0.15, -0.1) is 0 Å². The van der Waals surface area contributed by atoms with E-state index in [9.17, 15) is 18.4 Å². The molecule has 0 saturated heterocycles. The maximum atomic E-state index is 13.3. The van der Waals surface area contributed by atoms with E-state index < -0.39 is 17.9 Å². The van der Waals surface area contributed by atoms with Crippen molar-refractivity contribution in [1.82, 2.24) is 14.9 Å². The number of nitrogens with one attached hydrogen (secondary N) is 1. The van der Waals surface area contributed by atoms with Crippen molar-refractivity contribution < 1.29 is 18.4 Å². The van der Waals surface area contributed by atoms with Crippen molar-refractivity contribution >= 4 is 33.7 Å². The smallest absolute Gasteiger partial charge is 0.254 e. The van der Waals surface area contributed by atoms with E-state index in [0.29, 0.717) is 12.0 Å². The standard InChI is InChI=1S/C17H15BrF2N4O2/c18-12-3-1-10(2-4-12)16(26)24(8-11-5-14(11)20)9-15(25)23-17-21-6-13(19)7-22-17/h1-4,6-7,11,14H,5,8-9H2,(H,21,22,23,25). The average molecular weight is 425 g/mol. The van der Waals surface area contributed by atoms with Crippen LogP contribution in [0.15, 0.2) is 41.1 Å². The van der Waals surface area contributed by atoms with E-state index in [1.807, 2.05) is 0 Å². The summed E-state index contributed by atoms with van der Waals surface area (Å²) in [7, 11) is 0. The van der Waals surface area contributed by atoms with Gasteiger partial charge in [0.25, 0.3) is 5.91 Å². The highest BCUT2D eigenvalue weighted by Crippen LogP contribution is 2.34. The minimum atomic E-state index is -0.946. The fourth-order valence-corrected chi connectivity index (χ4v) is 2.66. The third-order valence-corrected chi connectivity index (χ3v) is 4.40. The van der Waals surface area contributed by atoms with Crippen LogP contribution in [-0.2, 0) is 4.79 Å². The number of carbonyl (C=O) groups excluding carboxylic acids is 2. The number of anilines is 1. The van der Waals surface area contributed by atoms with Crippen molar-refractivity contribution in [2.75, 3.05) is 18.4 Å². The van der Waals surface area contributed by atoms with Gasteiger partial charge in [-0.25, -0.2) is 18.7 Å². The van der Waals surface area contributed by atoms with Crippen LogP contribution < -0.4 is 5.32 Å². The molecule has 6 nitrogen and oxygen atoms in total. The molecule has 1 N–H and O–H groups in total. The predicted octanol–water partition coefficient (Wildman–Crippen LogP) is 2.82. The van der Waals surface area contributed by atoms with E-state index in [4.69, 9.17) is 0 Å². The lowest BCUT2D eigenvalue weighted by molar-refractivity contribution is -0.117. The number of carbonyl (C=O) groups is 2. The molecule has 2 atom stereocenters. The monoisotopic (exact) mass is 424 g/mol. The lowest BCUT2D eigenvalue weighted by atomic mass is 10.2. The summed E-state index contributed by atoms with van der Waals surface area (Å²) in [5.74, 6) is -1.87. The van der Waals surface area contributed by atoms with Crippen LogP contribution in [-0.4, -0.2) is 45.9 Å². The molecule has 1 aliphatic rings. The second kappa shape index (κ2) is 7.86. The van der Waals surface area contributed by atoms with Crippen molar-refractivity contribution in [2.24, 2.45) is 5.92 Å². The molecule has 26 heavy (non-hydrogen) atoms. The van der Waals surface area contributed by atoms with Crippen molar-refractivity contribution in [3.8, 4) is 0 Å². The van der Waals surface area contributed by atoms with E-state index in [0.717, 1.165) is 16.9 Å². The van der Waals surface area contributed by atoms with Crippen LogP contribution in [0.1, 0.15) is 16.8 Å². The van der Waals surface area contributed by atoms with Crippen LogP contribution in [0.4, 0.5) is 14.7 Å². The highest BCUT2D eigenvalue weighted by molar-refractivity contribution is 9.10. The molecule has 1 fully saturated rings. The first-order chi connectivity index (χ1) is 12.4. The number of aromatic nitrogens is 2. The summed E-state index contributed by atoms with van der Waals surface area (Å²) in [5, 5.41) is 2.40. The van der Waals surface area contributed by atoms with Crippen LogP contribution in [0.2, 0.25) is 0 Å². The number of alkyl halides is 1. The molecule has 3 rings (SSSR count). The largest absolute Gasteiger partial charge is 0.329 e. The van der Waals surface area contributed by atoms with Gasteiger partial charge in [0.05, 0.1) is 12.4 Å². The molecule has 136 valence electrons. The van der Waals surface area contributed by atoms with Crippen molar-refractivity contribution in [3.05, 3.63) is 52.5 Å². The summed E-state index contributed by atoms with van der Waals surface area (Å²) in [6, 6.07) is 6.68. The zero-order valence-electron chi connectivity index (χ0n) is 13.5. The average Bonchev–Trinajstić information content (AvgIpc) is 3.31. The van der Waals surface area contributed by atoms with Crippen LogP contribution in [0, 0.1) is 11.7 Å². The summed E-state index contributed by atoms with van der Waals surface area (Å²) >= 11 is 3.29. The molecule has 1 heterocycles. The summed E-state index contributed by atoms with van der Waals surface area (Å²) in [4.78, 5) is 33.5. The molecular formula is C17H15BrF2N4O2. The van der Waals surface area contributed by atoms with Crippen LogP contribution in [0.25, 0.3) is 0 Å². The molecule has 0 radical (unpaired) electrons. The zero-order valence-corrected chi connectivity index (χ0v) is 15.1. The van der Waals surface area contributed by atoms with Gasteiger partial charge in [0.1, 0.15) is 12.7 Å². The molecule has 0 aliphatic heterocycles. The maximum Gasteiger partial charge on any atom is 0.254 e. The quantitative estimate of drug-likeness (QED) is 0.773. The Balaban J connectivity index is 1.68. The summed E-state index contributed by atoms with van der Waals surface area (Å²) in [6.07, 6.45) is 1.28. The Bertz CT molecular complexity index is 801. The van der Waals surface area contributed by atoms with Crippen LogP contribution >= 0.6 is 15.9 Å². The maximum absolute atomic E-state index is 13.3. The predicted molar refractivity (Wildman–Crippen MR) is 93.7 cm³/mol. The summed E-state index contributed by atoms with van der Waals surface area (Å²) in [6.45, 7) is -0.132. The van der Waals surface area contributed by atoms with Crippen molar-refractivity contribution in [2.45, 2.75) is 12.6 Å². The van der Waals surface area contributed by atoms with Crippen molar-refractivity contribution in [3.63, 3.8) is 0 Å². The Morgan fingerprint density at radius 3 is 2.42 bits per heavy atom. The zero-order chi connectivity index (χ0) is 18.7. The highest BCUT2D eigenvalue weighted by Gasteiger charge is 2.40. The number of nitrogens with zero attached hydrogens (tertiary/aromatic N) is 3. The number of amides is 2. The normalized spacial score (nSPS) is 18.3. The van der Waals surface area contributed by atoms with Gasteiger partial charge < -0.3 is 4.90 Å². The van der Waals surface area contributed by atoms with Gasteiger partial charge in [-0.2, -0.15) is 0 Å². The van der Waals surface area contributed by atoms with Gasteiger partial charge in [0, 0.05) is 22.5 Å². The third-order valence-electron chi connectivity index (χ3n) is 3.88. The second-order valence-electron chi connectivity index (χ2n) is 5.98. The first kappa shape index (κ1) is 18.4. The summed E-state index contributed by atoms with van der Waals surface area (Å²) in [5.41, 5.74) is 0.398. The van der Waals surface area contributed by atoms with Gasteiger partial charge in [-0.3, -0.25) is 14.9 Å². The van der Waals surface area contributed by atoms with E-state index >= 15 is 0 Å². The Kier molecular flexibility index (Phi) is 5.55. The molecule has 1 saturated carbocycles. The van der Waals surface area contributed by atoms with E-state index in [-0.39, 0.29) is 30.9 Å². The molecule has 2 unspecified atom stereocenters. The van der Waals surface area contributed by atoms with E-state index in [1.54, 1.807) is 24.3 Å². The van der Waals surface area contributed by atoms with Crippen LogP contribution in [0.5, 0.6) is 0 Å². The van der Waals surface area contributed by atoms with E-state index in [2.05, 4.69) is 31.2 Å². The first-order valence-corrected chi connectivity index (χ1v) is 8.68. The van der Waals surface area contributed by atoms with Gasteiger partial charge in [0.2, 0.25) is 11.9 Å². The number of rotatable bonds is 6. The molecule has 1 aromatic carbocycles. The number of hydrogen-bond donors (Lipinski definition) is 1. The molecule has 0 bridgehead atoms. The molecule has 1 aliphatic carbocycles. The lowest BCUT2D eigenvalue weighted by Gasteiger charge is -2.22. The molecule has 0 spiro atoms. The van der Waals surface area contributed by atoms with Crippen molar-refractivity contribution in [1.29, 1.82) is 0 Å². The minimum Gasteiger partial charge on any atom is -0.329 e. The molecule has 1 aromatic heterocycles. The first-order valence-electron chi connectivity index (χ1n) is 7.88. The highest BCUT2D eigenvalue weighted by atomic mass is 79.9. The second-order valence-corrected chi connectivity index (χ2v) is 6.89. The fourth-order valence-electron chi connectivity index (χ4n) is 2.39. The number of benzene rings is 1. The SMILES string of the molecule is O=C(CN(CC1CC1F)C(=O)c1ccc(Br)cc1)Nc1ncc(F)cn1. The Labute approximate surface area is 156 Å². The van der Waals surface area contributed by atoms with Gasteiger partial charge in [-0.05, 0) is 30.7 Å². The Morgan fingerprint density at radius 2 is 1.85 bits per heavy atom. The van der Waals surface area contributed by atoms with Crippen LogP contribution in [0.3, 0.4) is 0 Å². The minimum absolute atomic E-state index is 0.0674. The topological polar surface area (TPSA) is 75.2 Å². The molecule has 2 amide bonds. The number of hydrogen-bond acceptors (Lipinski definition) is 4. The molecule has 9 heteroatoms. The Hall–Kier alpha value is -2.42. The van der Waals surface area contributed by atoms with Gasteiger partial charge in [-0.1, -0.05) is 15.9 Å². The van der Waals surface area contributed by atoms with E-state index in [1.165, 1.54) is 4.90 Å². The Morgan fingerprint density at radius 1 is 1.23 bits per heavy atom. The molecule has 2 aromatic rings. The molecular weight excluding hydrogens is 410 g/mol. The van der Waals surface area contributed by atoms with Gasteiger partial charge in [0.15, 0.2) is 5.82 Å². The number of halogens is 3. The van der Waals surface area contributed by atoms with Gasteiger partial charge >= 0.3 is 0 Å². The fraction of sp³-hybridized carbons (Fsp3) is 0.294. The summed E-state index contributed by atoms with van der Waals surface area (Å²) < 4.78 is 26.9.